The second-order valence-corrected chi connectivity index (χ2v) is 3.79. The molecule has 3 N–H and O–H groups in total. The maximum Gasteiger partial charge on any atom is 0.0212 e. The molecule has 0 spiro atoms. The Balaban J connectivity index is 2.24. The highest BCUT2D eigenvalue weighted by Crippen LogP contribution is 2.23. The molecule has 0 aromatic carbocycles. The molecule has 2 heteroatoms. The zero-order valence-corrected chi connectivity index (χ0v) is 8.26. The van der Waals surface area contributed by atoms with Crippen LogP contribution in [0.15, 0.2) is 0 Å². The number of nitrogens with two attached hydrogens (primary N) is 1. The van der Waals surface area contributed by atoms with E-state index in [1.807, 2.05) is 0 Å². The highest BCUT2D eigenvalue weighted by Gasteiger charge is 2.22. The molecule has 0 radical (unpaired) electrons. The van der Waals surface area contributed by atoms with Crippen LogP contribution < -0.4 is 11.1 Å². The molecule has 0 aromatic rings. The van der Waals surface area contributed by atoms with E-state index in [-0.39, 0.29) is 0 Å². The molecular formula is C11H20N2. The zero-order chi connectivity index (χ0) is 9.52. The Hall–Kier alpha value is -0.520. The molecule has 74 valence electrons. The topological polar surface area (TPSA) is 38.0 Å². The van der Waals surface area contributed by atoms with Gasteiger partial charge in [0.2, 0.25) is 0 Å². The summed E-state index contributed by atoms with van der Waals surface area (Å²) in [6.07, 6.45) is 11.3. The van der Waals surface area contributed by atoms with E-state index in [9.17, 15) is 0 Å². The van der Waals surface area contributed by atoms with Gasteiger partial charge in [-0.15, -0.1) is 12.3 Å². The summed E-state index contributed by atoms with van der Waals surface area (Å²) in [5, 5.41) is 3.50. The third-order valence-electron chi connectivity index (χ3n) is 2.89. The SMILES string of the molecule is C#CCCNC1CCCCC1CN. The minimum atomic E-state index is 0.618. The van der Waals surface area contributed by atoms with Crippen LogP contribution in [-0.2, 0) is 0 Å². The standard InChI is InChI=1S/C11H20N2/c1-2-3-8-13-11-7-5-4-6-10(11)9-12/h1,10-11,13H,3-9,12H2. The lowest BCUT2D eigenvalue weighted by Crippen LogP contribution is -2.42. The average Bonchev–Trinajstić information content (AvgIpc) is 2.19. The summed E-state index contributed by atoms with van der Waals surface area (Å²) in [5.41, 5.74) is 5.72. The van der Waals surface area contributed by atoms with E-state index < -0.39 is 0 Å². The Bertz CT molecular complexity index is 171. The highest BCUT2D eigenvalue weighted by molar-refractivity contribution is 4.87. The molecule has 2 atom stereocenters. The maximum atomic E-state index is 5.72. The smallest absolute Gasteiger partial charge is 0.0212 e. The summed E-state index contributed by atoms with van der Waals surface area (Å²) in [4.78, 5) is 0. The minimum absolute atomic E-state index is 0.618. The van der Waals surface area contributed by atoms with Gasteiger partial charge in [-0.25, -0.2) is 0 Å². The zero-order valence-electron chi connectivity index (χ0n) is 8.26. The Labute approximate surface area is 81.3 Å². The molecule has 1 fully saturated rings. The summed E-state index contributed by atoms with van der Waals surface area (Å²) in [5.74, 6) is 3.32. The van der Waals surface area contributed by atoms with Crippen molar-refractivity contribution in [1.82, 2.24) is 5.32 Å². The van der Waals surface area contributed by atoms with Crippen molar-refractivity contribution >= 4 is 0 Å². The molecule has 1 saturated carbocycles. The van der Waals surface area contributed by atoms with Crippen LogP contribution in [0.1, 0.15) is 32.1 Å². The van der Waals surface area contributed by atoms with Gasteiger partial charge in [-0.05, 0) is 25.3 Å². The van der Waals surface area contributed by atoms with Crippen molar-refractivity contribution in [2.24, 2.45) is 11.7 Å². The van der Waals surface area contributed by atoms with E-state index in [1.165, 1.54) is 25.7 Å². The number of hydrogen-bond donors (Lipinski definition) is 2. The van der Waals surface area contributed by atoms with Crippen molar-refractivity contribution in [3.8, 4) is 12.3 Å². The van der Waals surface area contributed by atoms with Gasteiger partial charge in [0.25, 0.3) is 0 Å². The summed E-state index contributed by atoms with van der Waals surface area (Å²) in [6.45, 7) is 1.76. The van der Waals surface area contributed by atoms with Gasteiger partial charge in [-0.2, -0.15) is 0 Å². The lowest BCUT2D eigenvalue weighted by atomic mass is 9.84. The minimum Gasteiger partial charge on any atom is -0.330 e. The Morgan fingerprint density at radius 1 is 1.38 bits per heavy atom. The highest BCUT2D eigenvalue weighted by atomic mass is 14.9. The van der Waals surface area contributed by atoms with Crippen LogP contribution in [0.25, 0.3) is 0 Å². The molecule has 2 unspecified atom stereocenters. The van der Waals surface area contributed by atoms with Crippen molar-refractivity contribution < 1.29 is 0 Å². The fourth-order valence-corrected chi connectivity index (χ4v) is 2.09. The van der Waals surface area contributed by atoms with E-state index in [0.717, 1.165) is 19.5 Å². The predicted molar refractivity (Wildman–Crippen MR) is 56.3 cm³/mol. The van der Waals surface area contributed by atoms with Gasteiger partial charge in [0, 0.05) is 19.0 Å². The van der Waals surface area contributed by atoms with Gasteiger partial charge >= 0.3 is 0 Å². The fraction of sp³-hybridized carbons (Fsp3) is 0.818. The van der Waals surface area contributed by atoms with Crippen molar-refractivity contribution in [3.05, 3.63) is 0 Å². The molecule has 0 amide bonds. The molecule has 1 rings (SSSR count). The monoisotopic (exact) mass is 180 g/mol. The molecule has 0 heterocycles. The second-order valence-electron chi connectivity index (χ2n) is 3.79. The van der Waals surface area contributed by atoms with E-state index >= 15 is 0 Å². The Kier molecular flexibility index (Phi) is 4.88. The third kappa shape index (κ3) is 3.38. The van der Waals surface area contributed by atoms with E-state index in [1.54, 1.807) is 0 Å². The van der Waals surface area contributed by atoms with Crippen LogP contribution in [0.4, 0.5) is 0 Å². The molecule has 0 aromatic heterocycles. The lowest BCUT2D eigenvalue weighted by molar-refractivity contribution is 0.270. The second kappa shape index (κ2) is 6.01. The molecule has 13 heavy (non-hydrogen) atoms. The number of terminal acetylenes is 1. The quantitative estimate of drug-likeness (QED) is 0.502. The van der Waals surface area contributed by atoms with Gasteiger partial charge in [-0.1, -0.05) is 12.8 Å². The Morgan fingerprint density at radius 3 is 2.85 bits per heavy atom. The molecule has 0 bridgehead atoms. The van der Waals surface area contributed by atoms with Crippen molar-refractivity contribution in [1.29, 1.82) is 0 Å². The van der Waals surface area contributed by atoms with Crippen LogP contribution in [-0.4, -0.2) is 19.1 Å². The van der Waals surface area contributed by atoms with Gasteiger partial charge in [0.05, 0.1) is 0 Å². The first-order chi connectivity index (χ1) is 6.38. The van der Waals surface area contributed by atoms with E-state index in [0.29, 0.717) is 12.0 Å². The van der Waals surface area contributed by atoms with E-state index in [4.69, 9.17) is 12.2 Å². The Morgan fingerprint density at radius 2 is 2.15 bits per heavy atom. The first kappa shape index (κ1) is 10.6. The van der Waals surface area contributed by atoms with Crippen LogP contribution in [0.5, 0.6) is 0 Å². The summed E-state index contributed by atoms with van der Waals surface area (Å²) in [6, 6.07) is 0.618. The largest absolute Gasteiger partial charge is 0.330 e. The first-order valence-electron chi connectivity index (χ1n) is 5.25. The number of nitrogens with one attached hydrogen (secondary N) is 1. The van der Waals surface area contributed by atoms with Crippen LogP contribution in [0, 0.1) is 18.3 Å². The summed E-state index contributed by atoms with van der Waals surface area (Å²) >= 11 is 0. The lowest BCUT2D eigenvalue weighted by Gasteiger charge is -2.31. The predicted octanol–water partition coefficient (Wildman–Crippen LogP) is 1.12. The van der Waals surface area contributed by atoms with Crippen molar-refractivity contribution in [3.63, 3.8) is 0 Å². The van der Waals surface area contributed by atoms with Gasteiger partial charge in [0.15, 0.2) is 0 Å². The normalized spacial score (nSPS) is 28.3. The summed E-state index contributed by atoms with van der Waals surface area (Å²) in [7, 11) is 0. The van der Waals surface area contributed by atoms with E-state index in [2.05, 4.69) is 11.2 Å². The van der Waals surface area contributed by atoms with Crippen LogP contribution in [0.2, 0.25) is 0 Å². The molecule has 1 aliphatic carbocycles. The fourth-order valence-electron chi connectivity index (χ4n) is 2.09. The van der Waals surface area contributed by atoms with Crippen molar-refractivity contribution in [2.45, 2.75) is 38.1 Å². The summed E-state index contributed by atoms with van der Waals surface area (Å²) < 4.78 is 0. The first-order valence-corrected chi connectivity index (χ1v) is 5.25. The third-order valence-corrected chi connectivity index (χ3v) is 2.89. The van der Waals surface area contributed by atoms with Gasteiger partial charge < -0.3 is 11.1 Å². The molecule has 2 nitrogen and oxygen atoms in total. The van der Waals surface area contributed by atoms with Crippen molar-refractivity contribution in [2.75, 3.05) is 13.1 Å². The molecule has 0 aliphatic heterocycles. The van der Waals surface area contributed by atoms with Crippen LogP contribution in [0.3, 0.4) is 0 Å². The van der Waals surface area contributed by atoms with Crippen LogP contribution >= 0.6 is 0 Å². The molecule has 1 aliphatic rings. The average molecular weight is 180 g/mol. The molecule has 0 saturated heterocycles. The number of rotatable bonds is 4. The van der Waals surface area contributed by atoms with Gasteiger partial charge in [-0.3, -0.25) is 0 Å². The van der Waals surface area contributed by atoms with Gasteiger partial charge in [0.1, 0.15) is 0 Å². The number of hydrogen-bond acceptors (Lipinski definition) is 2. The maximum absolute atomic E-state index is 5.72. The molecular weight excluding hydrogens is 160 g/mol.